The first-order chi connectivity index (χ1) is 22.5. The predicted molar refractivity (Wildman–Crippen MR) is 176 cm³/mol. The number of esters is 1. The second-order valence-electron chi connectivity index (χ2n) is 14.2. The summed E-state index contributed by atoms with van der Waals surface area (Å²) in [5.41, 5.74) is -0.123. The minimum absolute atomic E-state index is 0.0850. The van der Waals surface area contributed by atoms with E-state index in [0.29, 0.717) is 22.5 Å². The van der Waals surface area contributed by atoms with Crippen molar-refractivity contribution in [2.75, 3.05) is 13.7 Å². The van der Waals surface area contributed by atoms with Crippen LogP contribution in [0.2, 0.25) is 0 Å². The van der Waals surface area contributed by atoms with Crippen molar-refractivity contribution in [1.82, 2.24) is 18.9 Å². The molecule has 13 nitrogen and oxygen atoms in total. The van der Waals surface area contributed by atoms with Crippen LogP contribution in [0, 0.1) is 0 Å². The van der Waals surface area contributed by atoms with Crippen molar-refractivity contribution in [2.24, 2.45) is 7.05 Å². The van der Waals surface area contributed by atoms with Crippen LogP contribution in [-0.2, 0) is 37.4 Å². The number of methoxy groups -OCH3 is 1. The van der Waals surface area contributed by atoms with E-state index in [-0.39, 0.29) is 38.3 Å². The van der Waals surface area contributed by atoms with E-state index < -0.39 is 53.0 Å². The highest BCUT2D eigenvalue weighted by molar-refractivity contribution is 6.00. The molecular formula is C35H44N4O9. The first kappa shape index (κ1) is 34.5. The lowest BCUT2D eigenvalue weighted by Crippen LogP contribution is -2.47. The highest BCUT2D eigenvalue weighted by Gasteiger charge is 2.44. The molecule has 2 fully saturated rings. The molecule has 0 N–H and O–H groups in total. The zero-order valence-corrected chi connectivity index (χ0v) is 28.8. The molecule has 5 rings (SSSR count). The van der Waals surface area contributed by atoms with Gasteiger partial charge < -0.3 is 18.9 Å². The van der Waals surface area contributed by atoms with Gasteiger partial charge in [-0.3, -0.25) is 28.5 Å². The summed E-state index contributed by atoms with van der Waals surface area (Å²) in [6, 6.07) is 10.4. The summed E-state index contributed by atoms with van der Waals surface area (Å²) in [5, 5.41) is 0. The van der Waals surface area contributed by atoms with Gasteiger partial charge in [-0.1, -0.05) is 12.1 Å². The van der Waals surface area contributed by atoms with Gasteiger partial charge in [0.2, 0.25) is 5.91 Å². The fourth-order valence-corrected chi connectivity index (χ4v) is 6.05. The molecule has 0 spiro atoms. The zero-order chi connectivity index (χ0) is 35.1. The lowest BCUT2D eigenvalue weighted by Gasteiger charge is -2.31. The summed E-state index contributed by atoms with van der Waals surface area (Å²) in [6.07, 6.45) is -0.714. The van der Waals surface area contributed by atoms with Gasteiger partial charge in [0.25, 0.3) is 5.91 Å². The van der Waals surface area contributed by atoms with Crippen LogP contribution in [0.3, 0.4) is 0 Å². The maximum absolute atomic E-state index is 13.7. The van der Waals surface area contributed by atoms with Gasteiger partial charge in [-0.15, -0.1) is 0 Å². The molecule has 2 aliphatic rings. The minimum Gasteiger partial charge on any atom is -0.497 e. The molecule has 3 aromatic rings. The molecule has 3 amide bonds. The Bertz CT molecular complexity index is 1740. The number of imidazole rings is 1. The van der Waals surface area contributed by atoms with E-state index in [1.54, 1.807) is 98.2 Å². The number of piperidine rings is 1. The van der Waals surface area contributed by atoms with Crippen LogP contribution < -0.4 is 15.2 Å². The summed E-state index contributed by atoms with van der Waals surface area (Å²) < 4.78 is 25.5. The number of imide groups is 1. The number of hydrogen-bond donors (Lipinski definition) is 0. The van der Waals surface area contributed by atoms with Gasteiger partial charge in [-0.2, -0.15) is 0 Å². The van der Waals surface area contributed by atoms with Crippen molar-refractivity contribution < 1.29 is 38.1 Å². The summed E-state index contributed by atoms with van der Waals surface area (Å²) in [5.74, 6) is -0.211. The van der Waals surface area contributed by atoms with E-state index in [9.17, 15) is 24.0 Å². The maximum atomic E-state index is 13.7. The fraction of sp³-hybridized carbons (Fsp3) is 0.514. The average Bonchev–Trinajstić information content (AvgIpc) is 3.53. The highest BCUT2D eigenvalue weighted by atomic mass is 16.6. The van der Waals surface area contributed by atoms with Crippen LogP contribution in [-0.4, -0.2) is 79.8 Å². The Morgan fingerprint density at radius 3 is 2.15 bits per heavy atom. The number of carbonyl (C=O) groups is 4. The number of benzene rings is 2. The molecular weight excluding hydrogens is 620 g/mol. The van der Waals surface area contributed by atoms with Crippen molar-refractivity contribution in [3.63, 3.8) is 0 Å². The molecule has 1 aromatic heterocycles. The Balaban J connectivity index is 1.38. The van der Waals surface area contributed by atoms with E-state index in [1.807, 2.05) is 0 Å². The number of rotatable bonds is 7. The number of hydrogen-bond acceptors (Lipinski definition) is 9. The first-order valence-electron chi connectivity index (χ1n) is 16.0. The van der Waals surface area contributed by atoms with Gasteiger partial charge in [-0.05, 0) is 77.8 Å². The molecule has 0 aliphatic carbocycles. The summed E-state index contributed by atoms with van der Waals surface area (Å²) in [6.45, 7) is 10.7. The van der Waals surface area contributed by atoms with Gasteiger partial charge in [0, 0.05) is 26.0 Å². The number of ether oxygens (including phenoxy) is 4. The Morgan fingerprint density at radius 1 is 0.875 bits per heavy atom. The van der Waals surface area contributed by atoms with Gasteiger partial charge in [-0.25, -0.2) is 14.4 Å². The molecule has 13 heteroatoms. The van der Waals surface area contributed by atoms with Gasteiger partial charge in [0.05, 0.1) is 31.2 Å². The first-order valence-corrected chi connectivity index (χ1v) is 16.0. The van der Waals surface area contributed by atoms with Gasteiger partial charge in [0.1, 0.15) is 40.9 Å². The molecule has 258 valence electrons. The van der Waals surface area contributed by atoms with Crippen molar-refractivity contribution in [3.05, 3.63) is 58.5 Å². The van der Waals surface area contributed by atoms with E-state index in [1.165, 1.54) is 18.9 Å². The monoisotopic (exact) mass is 664 g/mol. The lowest BCUT2D eigenvalue weighted by molar-refractivity contribution is -0.160. The SMILES string of the molecule is COc1ccc(CN2C(=O)CCC(n3c(=O)n(C)c4cc(O[C@@H]5C[C@@H](C(=O)OC(C)(C)C)N(C(=O)OC(C)(C)C)C5)ccc43)C2=O)cc1. The van der Waals surface area contributed by atoms with E-state index in [2.05, 4.69) is 0 Å². The molecule has 3 atom stereocenters. The van der Waals surface area contributed by atoms with E-state index in [0.717, 1.165) is 5.56 Å². The quantitative estimate of drug-likeness (QED) is 0.267. The van der Waals surface area contributed by atoms with Crippen LogP contribution in [0.15, 0.2) is 47.3 Å². The average molecular weight is 665 g/mol. The number of fused-ring (bicyclic) bond motifs is 1. The Morgan fingerprint density at radius 2 is 1.52 bits per heavy atom. The molecule has 3 heterocycles. The second-order valence-corrected chi connectivity index (χ2v) is 14.2. The smallest absolute Gasteiger partial charge is 0.411 e. The molecule has 2 aromatic carbocycles. The largest absolute Gasteiger partial charge is 0.497 e. The molecule has 2 aliphatic heterocycles. The molecule has 0 radical (unpaired) electrons. The van der Waals surface area contributed by atoms with Crippen molar-refractivity contribution in [2.45, 2.75) is 96.7 Å². The van der Waals surface area contributed by atoms with E-state index >= 15 is 0 Å². The van der Waals surface area contributed by atoms with Crippen LogP contribution in [0.4, 0.5) is 4.79 Å². The number of carbonyl (C=O) groups excluding carboxylic acids is 4. The Hall–Kier alpha value is -4.81. The molecule has 2 saturated heterocycles. The molecule has 0 bridgehead atoms. The number of aryl methyl sites for hydroxylation is 1. The predicted octanol–water partition coefficient (Wildman–Crippen LogP) is 4.34. The van der Waals surface area contributed by atoms with E-state index in [4.69, 9.17) is 18.9 Å². The standard InChI is InChI=1S/C35H44N4O9/c1-34(2,3)47-31(42)28-18-24(20-37(28)33(44)48-35(4,5)6)46-23-13-14-25-27(17-23)36(7)32(43)39(25)26-15-16-29(40)38(30(26)41)19-21-9-11-22(45-8)12-10-21/h9-14,17,24,26,28H,15-16,18-20H2,1-8H3/t24-,26?,28+/m1/s1. The van der Waals surface area contributed by atoms with Crippen LogP contribution in [0.25, 0.3) is 11.0 Å². The third kappa shape index (κ3) is 7.34. The topological polar surface area (TPSA) is 139 Å². The maximum Gasteiger partial charge on any atom is 0.411 e. The number of aromatic nitrogens is 2. The number of amides is 3. The van der Waals surface area contributed by atoms with Crippen LogP contribution in [0.1, 0.15) is 72.4 Å². The highest BCUT2D eigenvalue weighted by Crippen LogP contribution is 2.32. The number of likely N-dealkylation sites (tertiary alicyclic amines) is 2. The Labute approximate surface area is 279 Å². The molecule has 1 unspecified atom stereocenters. The zero-order valence-electron chi connectivity index (χ0n) is 28.8. The molecule has 48 heavy (non-hydrogen) atoms. The summed E-state index contributed by atoms with van der Waals surface area (Å²) >= 11 is 0. The van der Waals surface area contributed by atoms with Gasteiger partial charge in [0.15, 0.2) is 0 Å². The summed E-state index contributed by atoms with van der Waals surface area (Å²) in [7, 11) is 3.17. The summed E-state index contributed by atoms with van der Waals surface area (Å²) in [4.78, 5) is 68.9. The lowest BCUT2D eigenvalue weighted by atomic mass is 10.0. The van der Waals surface area contributed by atoms with Gasteiger partial charge >= 0.3 is 17.8 Å². The molecule has 0 saturated carbocycles. The third-order valence-corrected chi connectivity index (χ3v) is 8.23. The number of nitrogens with zero attached hydrogens (tertiary/aromatic N) is 4. The van der Waals surface area contributed by atoms with Crippen LogP contribution in [0.5, 0.6) is 11.5 Å². The Kier molecular flexibility index (Phi) is 9.35. The fourth-order valence-electron chi connectivity index (χ4n) is 6.05. The van der Waals surface area contributed by atoms with Crippen LogP contribution >= 0.6 is 0 Å². The second kappa shape index (κ2) is 13.0. The van der Waals surface area contributed by atoms with Crippen molar-refractivity contribution in [1.29, 1.82) is 0 Å². The minimum atomic E-state index is -0.904. The normalized spacial score (nSPS) is 20.3. The third-order valence-electron chi connectivity index (χ3n) is 8.23. The van der Waals surface area contributed by atoms with Crippen molar-refractivity contribution in [3.8, 4) is 11.5 Å². The van der Waals surface area contributed by atoms with Crippen molar-refractivity contribution >= 4 is 34.9 Å².